The number of allylic oxidation sites excluding steroid dienone is 1. The molecule has 0 spiro atoms. The van der Waals surface area contributed by atoms with E-state index in [2.05, 4.69) is 13.0 Å². The van der Waals surface area contributed by atoms with Gasteiger partial charge in [0.2, 0.25) is 0 Å². The standard InChI is InChI=1S/C22H29NO4/c1-6-26-20(24)19-16-13-12-14(2)17(16)18(15-10-8-7-9-11-15)23(19)21(25)27-22(3,4)5/h7-12,16-19H,6,13H2,1-5H3/t16-,17+,18+,19-/m0/s1. The Bertz CT molecular complexity index is 734. The molecule has 3 rings (SSSR count). The predicted octanol–water partition coefficient (Wildman–Crippen LogP) is 4.49. The number of carbonyl (C=O) groups excluding carboxylic acids is 2. The highest BCUT2D eigenvalue weighted by Gasteiger charge is 2.57. The normalized spacial score (nSPS) is 27.1. The number of fused-ring (bicyclic) bond motifs is 1. The van der Waals surface area contributed by atoms with Gasteiger partial charge >= 0.3 is 12.1 Å². The smallest absolute Gasteiger partial charge is 0.411 e. The summed E-state index contributed by atoms with van der Waals surface area (Å²) in [6, 6.07) is 9.03. The van der Waals surface area contributed by atoms with E-state index < -0.39 is 17.7 Å². The molecule has 2 aliphatic rings. The van der Waals surface area contributed by atoms with Crippen LogP contribution in [0.25, 0.3) is 0 Å². The van der Waals surface area contributed by atoms with Gasteiger partial charge in [0, 0.05) is 11.8 Å². The SMILES string of the molecule is CCOC(=O)[C@@H]1[C@H]2CC=C(C)[C@H]2[C@@H](c2ccccc2)N1C(=O)OC(C)(C)C. The molecular weight excluding hydrogens is 342 g/mol. The Kier molecular flexibility index (Phi) is 5.31. The van der Waals surface area contributed by atoms with Gasteiger partial charge in [-0.05, 0) is 46.6 Å². The fraction of sp³-hybridized carbons (Fsp3) is 0.545. The lowest BCUT2D eigenvalue weighted by Gasteiger charge is -2.33. The molecule has 146 valence electrons. The number of esters is 1. The Morgan fingerprint density at radius 1 is 1.19 bits per heavy atom. The van der Waals surface area contributed by atoms with Crippen LogP contribution >= 0.6 is 0 Å². The van der Waals surface area contributed by atoms with Crippen LogP contribution in [-0.4, -0.2) is 35.2 Å². The number of ether oxygens (including phenoxy) is 2. The third-order valence-electron chi connectivity index (χ3n) is 5.32. The van der Waals surface area contributed by atoms with E-state index in [4.69, 9.17) is 9.47 Å². The highest BCUT2D eigenvalue weighted by molar-refractivity contribution is 5.84. The first-order valence-corrected chi connectivity index (χ1v) is 9.64. The Morgan fingerprint density at radius 3 is 2.44 bits per heavy atom. The molecule has 4 atom stereocenters. The van der Waals surface area contributed by atoms with Gasteiger partial charge < -0.3 is 9.47 Å². The largest absolute Gasteiger partial charge is 0.464 e. The zero-order valence-electron chi connectivity index (χ0n) is 16.8. The summed E-state index contributed by atoms with van der Waals surface area (Å²) in [6.07, 6.45) is 2.49. The van der Waals surface area contributed by atoms with Crippen molar-refractivity contribution in [1.29, 1.82) is 0 Å². The summed E-state index contributed by atoms with van der Waals surface area (Å²) in [4.78, 5) is 27.7. The molecule has 1 saturated heterocycles. The van der Waals surface area contributed by atoms with Gasteiger partial charge in [0.05, 0.1) is 12.6 Å². The second-order valence-corrected chi connectivity index (χ2v) is 8.31. The van der Waals surface area contributed by atoms with Crippen molar-refractivity contribution in [2.45, 2.75) is 58.7 Å². The van der Waals surface area contributed by atoms with Crippen LogP contribution in [0.15, 0.2) is 42.0 Å². The molecule has 1 fully saturated rings. The van der Waals surface area contributed by atoms with Crippen LogP contribution in [0, 0.1) is 11.8 Å². The maximum Gasteiger partial charge on any atom is 0.411 e. The van der Waals surface area contributed by atoms with Crippen molar-refractivity contribution in [2.75, 3.05) is 6.61 Å². The van der Waals surface area contributed by atoms with Crippen molar-refractivity contribution in [3.8, 4) is 0 Å². The first-order valence-electron chi connectivity index (χ1n) is 9.64. The highest BCUT2D eigenvalue weighted by Crippen LogP contribution is 2.53. The van der Waals surface area contributed by atoms with E-state index in [1.807, 2.05) is 51.1 Å². The number of hydrogen-bond acceptors (Lipinski definition) is 4. The fourth-order valence-corrected chi connectivity index (χ4v) is 4.38. The van der Waals surface area contributed by atoms with Gasteiger partial charge in [-0.3, -0.25) is 4.90 Å². The third-order valence-corrected chi connectivity index (χ3v) is 5.32. The minimum absolute atomic E-state index is 0.0155. The van der Waals surface area contributed by atoms with Gasteiger partial charge in [-0.2, -0.15) is 0 Å². The molecule has 1 heterocycles. The molecule has 0 N–H and O–H groups in total. The third kappa shape index (κ3) is 3.73. The first-order chi connectivity index (χ1) is 12.7. The molecule has 1 aliphatic heterocycles. The Labute approximate surface area is 161 Å². The molecule has 1 amide bonds. The molecule has 0 unspecified atom stereocenters. The molecule has 0 bridgehead atoms. The number of nitrogens with zero attached hydrogens (tertiary/aromatic N) is 1. The van der Waals surface area contributed by atoms with Crippen molar-refractivity contribution in [3.05, 3.63) is 47.5 Å². The van der Waals surface area contributed by atoms with Gasteiger partial charge in [-0.1, -0.05) is 42.0 Å². The average molecular weight is 371 g/mol. The fourth-order valence-electron chi connectivity index (χ4n) is 4.38. The Hall–Kier alpha value is -2.30. The summed E-state index contributed by atoms with van der Waals surface area (Å²) in [6.45, 7) is 9.67. The summed E-state index contributed by atoms with van der Waals surface area (Å²) in [5.74, 6) is -0.240. The quantitative estimate of drug-likeness (QED) is 0.580. The number of hydrogen-bond donors (Lipinski definition) is 0. The Morgan fingerprint density at radius 2 is 1.85 bits per heavy atom. The average Bonchev–Trinajstić information content (AvgIpc) is 3.12. The van der Waals surface area contributed by atoms with E-state index >= 15 is 0 Å². The molecule has 1 aromatic rings. The summed E-state index contributed by atoms with van der Waals surface area (Å²) < 4.78 is 11.0. The minimum atomic E-state index is -0.639. The molecule has 0 saturated carbocycles. The van der Waals surface area contributed by atoms with E-state index in [1.165, 1.54) is 5.57 Å². The molecule has 5 nitrogen and oxygen atoms in total. The van der Waals surface area contributed by atoms with E-state index in [1.54, 1.807) is 11.8 Å². The maximum absolute atomic E-state index is 13.2. The molecular formula is C22H29NO4. The van der Waals surface area contributed by atoms with Crippen molar-refractivity contribution in [1.82, 2.24) is 4.90 Å². The number of benzene rings is 1. The summed E-state index contributed by atoms with van der Waals surface area (Å²) in [5.41, 5.74) is 1.59. The summed E-state index contributed by atoms with van der Waals surface area (Å²) in [7, 11) is 0. The number of rotatable bonds is 3. The lowest BCUT2D eigenvalue weighted by Crippen LogP contribution is -2.47. The molecule has 1 aliphatic carbocycles. The highest BCUT2D eigenvalue weighted by atomic mass is 16.6. The van der Waals surface area contributed by atoms with E-state index in [9.17, 15) is 9.59 Å². The Balaban J connectivity index is 2.07. The van der Waals surface area contributed by atoms with Crippen molar-refractivity contribution >= 4 is 12.1 Å². The zero-order chi connectivity index (χ0) is 19.8. The van der Waals surface area contributed by atoms with Crippen molar-refractivity contribution in [2.24, 2.45) is 11.8 Å². The molecule has 27 heavy (non-hydrogen) atoms. The summed E-state index contributed by atoms with van der Waals surface area (Å²) in [5, 5.41) is 0. The molecule has 1 aromatic carbocycles. The van der Waals surface area contributed by atoms with Gasteiger partial charge in [0.25, 0.3) is 0 Å². The number of amides is 1. The van der Waals surface area contributed by atoms with Crippen LogP contribution in [0.5, 0.6) is 0 Å². The van der Waals surface area contributed by atoms with Gasteiger partial charge in [-0.25, -0.2) is 9.59 Å². The first kappa shape index (κ1) is 19.5. The lowest BCUT2D eigenvalue weighted by molar-refractivity contribution is -0.150. The van der Waals surface area contributed by atoms with Crippen molar-refractivity contribution in [3.63, 3.8) is 0 Å². The second-order valence-electron chi connectivity index (χ2n) is 8.31. The van der Waals surface area contributed by atoms with Gasteiger partial charge in [0.15, 0.2) is 0 Å². The monoisotopic (exact) mass is 371 g/mol. The van der Waals surface area contributed by atoms with Gasteiger partial charge in [0.1, 0.15) is 11.6 Å². The molecule has 5 heteroatoms. The summed E-state index contributed by atoms with van der Waals surface area (Å²) >= 11 is 0. The van der Waals surface area contributed by atoms with Crippen LogP contribution in [0.3, 0.4) is 0 Å². The topological polar surface area (TPSA) is 55.8 Å². The maximum atomic E-state index is 13.2. The number of likely N-dealkylation sites (tertiary alicyclic amines) is 1. The van der Waals surface area contributed by atoms with Crippen LogP contribution < -0.4 is 0 Å². The molecule has 0 radical (unpaired) electrons. The minimum Gasteiger partial charge on any atom is -0.464 e. The van der Waals surface area contributed by atoms with Crippen LogP contribution in [0.2, 0.25) is 0 Å². The van der Waals surface area contributed by atoms with Crippen molar-refractivity contribution < 1.29 is 19.1 Å². The van der Waals surface area contributed by atoms with Crippen LogP contribution in [0.1, 0.15) is 52.6 Å². The predicted molar refractivity (Wildman–Crippen MR) is 103 cm³/mol. The molecule has 0 aromatic heterocycles. The van der Waals surface area contributed by atoms with Crippen LogP contribution in [-0.2, 0) is 14.3 Å². The van der Waals surface area contributed by atoms with Gasteiger partial charge in [-0.15, -0.1) is 0 Å². The van der Waals surface area contributed by atoms with E-state index in [0.29, 0.717) is 0 Å². The van der Waals surface area contributed by atoms with Crippen LogP contribution in [0.4, 0.5) is 4.79 Å². The van der Waals surface area contributed by atoms with E-state index in [-0.39, 0.29) is 30.5 Å². The lowest BCUT2D eigenvalue weighted by atomic mass is 9.84. The second kappa shape index (κ2) is 7.37. The number of carbonyl (C=O) groups is 2. The van der Waals surface area contributed by atoms with E-state index in [0.717, 1.165) is 12.0 Å². The zero-order valence-corrected chi connectivity index (χ0v) is 16.8.